The SMILES string of the molecule is CC1CCCC(NCCNC(=O)N(C)C)CC1. The predicted octanol–water partition coefficient (Wildman–Crippen LogP) is 1.82. The monoisotopic (exact) mass is 241 g/mol. The predicted molar refractivity (Wildman–Crippen MR) is 71.1 cm³/mol. The van der Waals surface area contributed by atoms with Gasteiger partial charge in [-0.3, -0.25) is 0 Å². The van der Waals surface area contributed by atoms with Crippen molar-refractivity contribution in [3.8, 4) is 0 Å². The maximum Gasteiger partial charge on any atom is 0.316 e. The van der Waals surface area contributed by atoms with Gasteiger partial charge in [0, 0.05) is 33.2 Å². The van der Waals surface area contributed by atoms with E-state index in [4.69, 9.17) is 0 Å². The molecule has 0 bridgehead atoms. The minimum Gasteiger partial charge on any atom is -0.337 e. The molecule has 0 aliphatic heterocycles. The highest BCUT2D eigenvalue weighted by Gasteiger charge is 2.15. The second-order valence-corrected chi connectivity index (χ2v) is 5.39. The summed E-state index contributed by atoms with van der Waals surface area (Å²) in [5.41, 5.74) is 0. The van der Waals surface area contributed by atoms with Crippen LogP contribution in [0.15, 0.2) is 0 Å². The second kappa shape index (κ2) is 7.54. The van der Waals surface area contributed by atoms with Crippen LogP contribution in [-0.2, 0) is 0 Å². The quantitative estimate of drug-likeness (QED) is 0.582. The van der Waals surface area contributed by atoms with Gasteiger partial charge in [0.05, 0.1) is 0 Å². The fourth-order valence-electron chi connectivity index (χ4n) is 2.30. The molecule has 0 radical (unpaired) electrons. The summed E-state index contributed by atoms with van der Waals surface area (Å²) >= 11 is 0. The molecule has 2 amide bonds. The van der Waals surface area contributed by atoms with Gasteiger partial charge in [0.25, 0.3) is 0 Å². The summed E-state index contributed by atoms with van der Waals surface area (Å²) in [5, 5.41) is 6.41. The molecule has 0 aromatic carbocycles. The molecule has 2 unspecified atom stereocenters. The summed E-state index contributed by atoms with van der Waals surface area (Å²) in [4.78, 5) is 12.8. The van der Waals surface area contributed by atoms with Crippen molar-refractivity contribution in [3.63, 3.8) is 0 Å². The maximum absolute atomic E-state index is 11.3. The minimum absolute atomic E-state index is 0.0127. The average Bonchev–Trinajstić information content (AvgIpc) is 2.49. The zero-order valence-corrected chi connectivity index (χ0v) is 11.5. The Hall–Kier alpha value is -0.770. The van der Waals surface area contributed by atoms with Gasteiger partial charge in [-0.15, -0.1) is 0 Å². The first-order chi connectivity index (χ1) is 8.09. The molecule has 1 fully saturated rings. The molecule has 4 nitrogen and oxygen atoms in total. The van der Waals surface area contributed by atoms with E-state index in [9.17, 15) is 4.79 Å². The van der Waals surface area contributed by atoms with Gasteiger partial charge in [-0.2, -0.15) is 0 Å². The molecule has 0 saturated heterocycles. The molecule has 1 saturated carbocycles. The van der Waals surface area contributed by atoms with Crippen molar-refractivity contribution < 1.29 is 4.79 Å². The number of nitrogens with zero attached hydrogens (tertiary/aromatic N) is 1. The zero-order valence-electron chi connectivity index (χ0n) is 11.5. The molecule has 0 heterocycles. The Kier molecular flexibility index (Phi) is 6.34. The van der Waals surface area contributed by atoms with E-state index in [-0.39, 0.29) is 6.03 Å². The molecule has 17 heavy (non-hydrogen) atoms. The summed E-state index contributed by atoms with van der Waals surface area (Å²) in [7, 11) is 3.52. The Morgan fingerprint density at radius 3 is 2.65 bits per heavy atom. The number of carbonyl (C=O) groups is 1. The first kappa shape index (κ1) is 14.3. The van der Waals surface area contributed by atoms with Crippen molar-refractivity contribution in [1.29, 1.82) is 0 Å². The third-order valence-electron chi connectivity index (χ3n) is 3.50. The second-order valence-electron chi connectivity index (χ2n) is 5.39. The van der Waals surface area contributed by atoms with Gasteiger partial charge in [0.1, 0.15) is 0 Å². The molecule has 0 spiro atoms. The lowest BCUT2D eigenvalue weighted by Crippen LogP contribution is -2.40. The van der Waals surface area contributed by atoms with Gasteiger partial charge in [0.2, 0.25) is 0 Å². The number of urea groups is 1. The van der Waals surface area contributed by atoms with Crippen LogP contribution in [0.2, 0.25) is 0 Å². The lowest BCUT2D eigenvalue weighted by Gasteiger charge is -2.17. The Morgan fingerprint density at radius 1 is 1.18 bits per heavy atom. The largest absolute Gasteiger partial charge is 0.337 e. The third kappa shape index (κ3) is 5.91. The molecule has 4 heteroatoms. The molecule has 1 aliphatic carbocycles. The summed E-state index contributed by atoms with van der Waals surface area (Å²) in [6.45, 7) is 3.93. The molecule has 100 valence electrons. The molecular formula is C13H27N3O. The van der Waals surface area contributed by atoms with Crippen molar-refractivity contribution in [3.05, 3.63) is 0 Å². The number of carbonyl (C=O) groups excluding carboxylic acids is 1. The van der Waals surface area contributed by atoms with E-state index < -0.39 is 0 Å². The fourth-order valence-corrected chi connectivity index (χ4v) is 2.30. The van der Waals surface area contributed by atoms with Gasteiger partial charge in [-0.25, -0.2) is 4.79 Å². The Morgan fingerprint density at radius 2 is 1.94 bits per heavy atom. The summed E-state index contributed by atoms with van der Waals surface area (Å²) in [5.74, 6) is 0.884. The van der Waals surface area contributed by atoms with E-state index in [2.05, 4.69) is 17.6 Å². The number of nitrogens with one attached hydrogen (secondary N) is 2. The first-order valence-electron chi connectivity index (χ1n) is 6.78. The van der Waals surface area contributed by atoms with Crippen LogP contribution in [0.5, 0.6) is 0 Å². The van der Waals surface area contributed by atoms with Crippen LogP contribution in [-0.4, -0.2) is 44.2 Å². The van der Waals surface area contributed by atoms with Crippen molar-refractivity contribution >= 4 is 6.03 Å². The van der Waals surface area contributed by atoms with E-state index in [0.717, 1.165) is 12.5 Å². The molecule has 1 rings (SSSR count). The van der Waals surface area contributed by atoms with Gasteiger partial charge in [-0.05, 0) is 25.2 Å². The van der Waals surface area contributed by atoms with Gasteiger partial charge >= 0.3 is 6.03 Å². The molecule has 0 aromatic heterocycles. The number of hydrogen-bond acceptors (Lipinski definition) is 2. The van der Waals surface area contributed by atoms with Crippen LogP contribution in [0.1, 0.15) is 39.0 Å². The highest BCUT2D eigenvalue weighted by Crippen LogP contribution is 2.22. The zero-order chi connectivity index (χ0) is 12.7. The maximum atomic E-state index is 11.3. The van der Waals surface area contributed by atoms with Crippen molar-refractivity contribution in [1.82, 2.24) is 15.5 Å². The Balaban J connectivity index is 2.08. The number of amides is 2. The summed E-state index contributed by atoms with van der Waals surface area (Å²) in [6.07, 6.45) is 6.61. The normalized spacial score (nSPS) is 25.1. The van der Waals surface area contributed by atoms with E-state index in [1.807, 2.05) is 0 Å². The van der Waals surface area contributed by atoms with Gasteiger partial charge in [0.15, 0.2) is 0 Å². The lowest BCUT2D eigenvalue weighted by atomic mass is 10.0. The Bertz CT molecular complexity index is 231. The Labute approximate surface area is 105 Å². The highest BCUT2D eigenvalue weighted by atomic mass is 16.2. The molecule has 0 aromatic rings. The van der Waals surface area contributed by atoms with Crippen molar-refractivity contribution in [2.45, 2.75) is 45.1 Å². The van der Waals surface area contributed by atoms with Crippen LogP contribution in [0.4, 0.5) is 4.79 Å². The number of rotatable bonds is 4. The molecule has 1 aliphatic rings. The van der Waals surface area contributed by atoms with Crippen LogP contribution in [0, 0.1) is 5.92 Å². The van der Waals surface area contributed by atoms with Gasteiger partial charge < -0.3 is 15.5 Å². The third-order valence-corrected chi connectivity index (χ3v) is 3.50. The fraction of sp³-hybridized carbons (Fsp3) is 0.923. The summed E-state index contributed by atoms with van der Waals surface area (Å²) < 4.78 is 0. The van der Waals surface area contributed by atoms with E-state index in [1.165, 1.54) is 32.1 Å². The molecule has 2 atom stereocenters. The average molecular weight is 241 g/mol. The highest BCUT2D eigenvalue weighted by molar-refractivity contribution is 5.73. The molecule has 2 N–H and O–H groups in total. The topological polar surface area (TPSA) is 44.4 Å². The van der Waals surface area contributed by atoms with Crippen LogP contribution in [0.25, 0.3) is 0 Å². The number of hydrogen-bond donors (Lipinski definition) is 2. The van der Waals surface area contributed by atoms with Gasteiger partial charge in [-0.1, -0.05) is 19.8 Å². The smallest absolute Gasteiger partial charge is 0.316 e. The first-order valence-corrected chi connectivity index (χ1v) is 6.78. The van der Waals surface area contributed by atoms with Crippen LogP contribution >= 0.6 is 0 Å². The summed E-state index contributed by atoms with van der Waals surface area (Å²) in [6, 6.07) is 0.637. The van der Waals surface area contributed by atoms with Crippen molar-refractivity contribution in [2.24, 2.45) is 5.92 Å². The standard InChI is InChI=1S/C13H27N3O/c1-11-5-4-6-12(8-7-11)14-9-10-15-13(17)16(2)3/h11-12,14H,4-10H2,1-3H3,(H,15,17). The van der Waals surface area contributed by atoms with Crippen LogP contribution < -0.4 is 10.6 Å². The van der Waals surface area contributed by atoms with Crippen molar-refractivity contribution in [2.75, 3.05) is 27.2 Å². The van der Waals surface area contributed by atoms with E-state index in [1.54, 1.807) is 19.0 Å². The minimum atomic E-state index is -0.0127. The molecular weight excluding hydrogens is 214 g/mol. The van der Waals surface area contributed by atoms with Crippen LogP contribution in [0.3, 0.4) is 0 Å². The lowest BCUT2D eigenvalue weighted by molar-refractivity contribution is 0.217. The van der Waals surface area contributed by atoms with E-state index in [0.29, 0.717) is 12.6 Å². The van der Waals surface area contributed by atoms with E-state index >= 15 is 0 Å².